The van der Waals surface area contributed by atoms with Gasteiger partial charge in [0.05, 0.1) is 16.8 Å². The van der Waals surface area contributed by atoms with Crippen LogP contribution in [0.3, 0.4) is 0 Å². The normalized spacial score (nSPS) is 10.6. The lowest BCUT2D eigenvalue weighted by atomic mass is 10.0. The first-order valence-electron chi connectivity index (χ1n) is 6.34. The molecule has 104 valence electrons. The Morgan fingerprint density at radius 2 is 1.70 bits per heavy atom. The van der Waals surface area contributed by atoms with Crippen LogP contribution < -0.4 is 10.5 Å². The summed E-state index contributed by atoms with van der Waals surface area (Å²) in [5.41, 5.74) is 7.20. The van der Waals surface area contributed by atoms with Crippen LogP contribution in [0.5, 0.6) is 5.75 Å². The predicted octanol–water partition coefficient (Wildman–Crippen LogP) is 3.94. The van der Waals surface area contributed by atoms with Gasteiger partial charge in [0.25, 0.3) is 0 Å². The highest BCUT2D eigenvalue weighted by molar-refractivity contribution is 6.33. The molecule has 0 amide bonds. The first-order chi connectivity index (χ1) is 9.47. The Morgan fingerprint density at radius 3 is 2.25 bits per heavy atom. The fraction of sp³-hybridized carbons (Fsp3) is 0.188. The number of hydrogen-bond acceptors (Lipinski definition) is 3. The second-order valence-electron chi connectivity index (χ2n) is 4.76. The topological polar surface area (TPSA) is 52.3 Å². The monoisotopic (exact) mass is 289 g/mol. The minimum atomic E-state index is -0.0944. The van der Waals surface area contributed by atoms with Crippen molar-refractivity contribution in [3.05, 3.63) is 58.6 Å². The molecule has 0 aromatic heterocycles. The number of halogens is 1. The second-order valence-corrected chi connectivity index (χ2v) is 5.16. The fourth-order valence-electron chi connectivity index (χ4n) is 1.79. The highest BCUT2D eigenvalue weighted by Gasteiger charge is 2.11. The number of hydrogen-bond donors (Lipinski definition) is 1. The van der Waals surface area contributed by atoms with Crippen molar-refractivity contribution in [2.24, 2.45) is 0 Å². The second kappa shape index (κ2) is 5.97. The molecule has 4 heteroatoms. The standard InChI is InChI=1S/C16H16ClNO2/c1-10(2)20-13-6-3-11(4-7-13)16(19)12-5-8-15(18)14(17)9-12/h3-10H,18H2,1-2H3. The van der Waals surface area contributed by atoms with E-state index in [4.69, 9.17) is 22.1 Å². The molecular formula is C16H16ClNO2. The van der Waals surface area contributed by atoms with E-state index in [0.717, 1.165) is 5.75 Å². The molecule has 2 rings (SSSR count). The van der Waals surface area contributed by atoms with Crippen molar-refractivity contribution in [2.75, 3.05) is 5.73 Å². The van der Waals surface area contributed by atoms with Crippen molar-refractivity contribution in [3.63, 3.8) is 0 Å². The van der Waals surface area contributed by atoms with Crippen molar-refractivity contribution >= 4 is 23.1 Å². The molecule has 0 atom stereocenters. The van der Waals surface area contributed by atoms with Crippen LogP contribution in [-0.2, 0) is 0 Å². The number of carbonyl (C=O) groups is 1. The van der Waals surface area contributed by atoms with Crippen LogP contribution in [0.25, 0.3) is 0 Å². The Bertz CT molecular complexity index is 621. The maximum Gasteiger partial charge on any atom is 0.193 e. The fourth-order valence-corrected chi connectivity index (χ4v) is 1.97. The lowest BCUT2D eigenvalue weighted by Crippen LogP contribution is -2.06. The van der Waals surface area contributed by atoms with Gasteiger partial charge >= 0.3 is 0 Å². The number of ether oxygens (including phenoxy) is 1. The summed E-state index contributed by atoms with van der Waals surface area (Å²) in [6, 6.07) is 11.9. The minimum Gasteiger partial charge on any atom is -0.491 e. The van der Waals surface area contributed by atoms with Gasteiger partial charge in [-0.05, 0) is 56.3 Å². The number of benzene rings is 2. The van der Waals surface area contributed by atoms with Gasteiger partial charge in [0.2, 0.25) is 0 Å². The number of anilines is 1. The van der Waals surface area contributed by atoms with E-state index < -0.39 is 0 Å². The molecule has 0 aliphatic heterocycles. The number of carbonyl (C=O) groups excluding carboxylic acids is 1. The maximum absolute atomic E-state index is 12.3. The molecule has 2 aromatic carbocycles. The quantitative estimate of drug-likeness (QED) is 0.685. The molecule has 2 N–H and O–H groups in total. The smallest absolute Gasteiger partial charge is 0.193 e. The highest BCUT2D eigenvalue weighted by Crippen LogP contribution is 2.22. The third kappa shape index (κ3) is 3.31. The van der Waals surface area contributed by atoms with E-state index in [-0.39, 0.29) is 11.9 Å². The maximum atomic E-state index is 12.3. The lowest BCUT2D eigenvalue weighted by molar-refractivity contribution is 0.103. The van der Waals surface area contributed by atoms with E-state index in [0.29, 0.717) is 21.8 Å². The number of nitrogens with two attached hydrogens (primary N) is 1. The van der Waals surface area contributed by atoms with Crippen LogP contribution in [0.2, 0.25) is 5.02 Å². The van der Waals surface area contributed by atoms with Crippen molar-refractivity contribution in [1.29, 1.82) is 0 Å². The average Bonchev–Trinajstić information content (AvgIpc) is 2.41. The Hall–Kier alpha value is -2.00. The Kier molecular flexibility index (Phi) is 4.30. The first-order valence-corrected chi connectivity index (χ1v) is 6.71. The van der Waals surface area contributed by atoms with E-state index in [2.05, 4.69) is 0 Å². The van der Waals surface area contributed by atoms with Crippen LogP contribution in [0.4, 0.5) is 5.69 Å². The van der Waals surface area contributed by atoms with Gasteiger partial charge in [-0.3, -0.25) is 4.79 Å². The van der Waals surface area contributed by atoms with Gasteiger partial charge in [0.15, 0.2) is 5.78 Å². The number of nitrogen functional groups attached to an aromatic ring is 1. The molecule has 0 spiro atoms. The van der Waals surface area contributed by atoms with Crippen molar-refractivity contribution in [2.45, 2.75) is 20.0 Å². The van der Waals surface area contributed by atoms with E-state index >= 15 is 0 Å². The van der Waals surface area contributed by atoms with E-state index in [1.807, 2.05) is 13.8 Å². The van der Waals surface area contributed by atoms with Crippen molar-refractivity contribution in [3.8, 4) is 5.75 Å². The van der Waals surface area contributed by atoms with Gasteiger partial charge in [0.1, 0.15) is 5.75 Å². The van der Waals surface area contributed by atoms with Crippen molar-refractivity contribution in [1.82, 2.24) is 0 Å². The van der Waals surface area contributed by atoms with E-state index in [9.17, 15) is 4.79 Å². The molecule has 3 nitrogen and oxygen atoms in total. The van der Waals surface area contributed by atoms with Gasteiger partial charge in [0, 0.05) is 11.1 Å². The van der Waals surface area contributed by atoms with Gasteiger partial charge in [-0.1, -0.05) is 11.6 Å². The van der Waals surface area contributed by atoms with Crippen molar-refractivity contribution < 1.29 is 9.53 Å². The molecule has 0 fully saturated rings. The first kappa shape index (κ1) is 14.4. The van der Waals surface area contributed by atoms with Gasteiger partial charge in [-0.25, -0.2) is 0 Å². The minimum absolute atomic E-state index is 0.0944. The zero-order valence-corrected chi connectivity index (χ0v) is 12.1. The van der Waals surface area contributed by atoms with Crippen LogP contribution in [0, 0.1) is 0 Å². The molecule has 2 aromatic rings. The lowest BCUT2D eigenvalue weighted by Gasteiger charge is -2.10. The zero-order chi connectivity index (χ0) is 14.7. The summed E-state index contributed by atoms with van der Waals surface area (Å²) in [5, 5.41) is 0.385. The molecule has 0 saturated heterocycles. The van der Waals surface area contributed by atoms with Crippen LogP contribution in [0.1, 0.15) is 29.8 Å². The average molecular weight is 290 g/mol. The Labute approximate surface area is 123 Å². The molecule has 0 saturated carbocycles. The van der Waals surface area contributed by atoms with Crippen LogP contribution in [-0.4, -0.2) is 11.9 Å². The summed E-state index contributed by atoms with van der Waals surface area (Å²) < 4.78 is 5.54. The molecule has 0 aliphatic carbocycles. The summed E-state index contributed by atoms with van der Waals surface area (Å²) >= 11 is 5.93. The molecule has 0 heterocycles. The van der Waals surface area contributed by atoms with E-state index in [1.54, 1.807) is 42.5 Å². The number of ketones is 1. The van der Waals surface area contributed by atoms with Crippen LogP contribution in [0.15, 0.2) is 42.5 Å². The molecule has 0 unspecified atom stereocenters. The van der Waals surface area contributed by atoms with E-state index in [1.165, 1.54) is 0 Å². The van der Waals surface area contributed by atoms with Crippen LogP contribution >= 0.6 is 11.6 Å². The van der Waals surface area contributed by atoms with Gasteiger partial charge in [-0.15, -0.1) is 0 Å². The Balaban J connectivity index is 2.22. The zero-order valence-electron chi connectivity index (χ0n) is 11.4. The predicted molar refractivity (Wildman–Crippen MR) is 81.5 cm³/mol. The van der Waals surface area contributed by atoms with Gasteiger partial charge < -0.3 is 10.5 Å². The third-order valence-corrected chi connectivity index (χ3v) is 3.08. The SMILES string of the molecule is CC(C)Oc1ccc(C(=O)c2ccc(N)c(Cl)c2)cc1. The third-order valence-electron chi connectivity index (χ3n) is 2.75. The summed E-state index contributed by atoms with van der Waals surface area (Å²) in [5.74, 6) is 0.648. The molecule has 0 aliphatic rings. The largest absolute Gasteiger partial charge is 0.491 e. The summed E-state index contributed by atoms with van der Waals surface area (Å²) in [4.78, 5) is 12.3. The summed E-state index contributed by atoms with van der Waals surface area (Å²) in [6.45, 7) is 3.91. The number of rotatable bonds is 4. The van der Waals surface area contributed by atoms with Gasteiger partial charge in [-0.2, -0.15) is 0 Å². The Morgan fingerprint density at radius 1 is 1.10 bits per heavy atom. The summed E-state index contributed by atoms with van der Waals surface area (Å²) in [7, 11) is 0. The molecule has 0 radical (unpaired) electrons. The molecule has 20 heavy (non-hydrogen) atoms. The highest BCUT2D eigenvalue weighted by atomic mass is 35.5. The molecular weight excluding hydrogens is 274 g/mol. The summed E-state index contributed by atoms with van der Waals surface area (Å²) in [6.07, 6.45) is 0.104. The molecule has 0 bridgehead atoms.